The monoisotopic (exact) mass is 736 g/mol. The van der Waals surface area contributed by atoms with Crippen LogP contribution in [-0.4, -0.2) is 67.9 Å². The highest BCUT2D eigenvalue weighted by Gasteiger charge is 2.57. The smallest absolute Gasteiger partial charge is 0.421 e. The maximum absolute atomic E-state index is 17.7. The second-order valence-electron chi connectivity index (χ2n) is 13.0. The van der Waals surface area contributed by atoms with Gasteiger partial charge in [-0.3, -0.25) is 4.57 Å². The van der Waals surface area contributed by atoms with Crippen LogP contribution in [0.5, 0.6) is 0 Å². The summed E-state index contributed by atoms with van der Waals surface area (Å²) in [6, 6.07) is 7.24. The van der Waals surface area contributed by atoms with Crippen LogP contribution in [0.15, 0.2) is 60.8 Å². The zero-order valence-corrected chi connectivity index (χ0v) is 28.8. The van der Waals surface area contributed by atoms with E-state index in [1.807, 2.05) is 36.7 Å². The maximum Gasteiger partial charge on any atom is 0.421 e. The highest BCUT2D eigenvalue weighted by Crippen LogP contribution is 2.61. The molecule has 0 fully saturated rings. The van der Waals surface area contributed by atoms with Crippen LogP contribution in [0.3, 0.4) is 0 Å². The number of methoxy groups -OCH3 is 1. The zero-order valence-electron chi connectivity index (χ0n) is 28.8. The van der Waals surface area contributed by atoms with Crippen LogP contribution in [0.1, 0.15) is 65.7 Å². The molecular weight excluding hydrogens is 704 g/mol. The van der Waals surface area contributed by atoms with Crippen molar-refractivity contribution in [2.75, 3.05) is 25.3 Å². The van der Waals surface area contributed by atoms with Crippen molar-refractivity contribution in [1.82, 2.24) is 24.3 Å². The fourth-order valence-corrected chi connectivity index (χ4v) is 7.57. The van der Waals surface area contributed by atoms with Gasteiger partial charge in [0.15, 0.2) is 5.60 Å². The largest absolute Gasteiger partial charge is 0.478 e. The number of hydrogen-bond acceptors (Lipinski definition) is 10. The number of aliphatic carboxylic acids is 1. The second-order valence-corrected chi connectivity index (χ2v) is 13.0. The molecule has 0 spiro atoms. The number of alkyl halides is 3. The number of hydrogen-bond donors (Lipinski definition) is 1. The van der Waals surface area contributed by atoms with Crippen LogP contribution in [0.25, 0.3) is 11.3 Å². The molecule has 1 N–H and O–H groups in total. The summed E-state index contributed by atoms with van der Waals surface area (Å²) in [7, 11) is 1.31. The SMILES string of the molecule is CCc1cccc2c1-n1nc3c(c1C1(C)C2=C(F)C(C)(OC)c2c1ccn2C(=O)OCOC(=O)/C=C/C(=O)O)CN(c1ncc(C(F)(F)F)cn1)CC3. The number of carboxylic acids is 1. The van der Waals surface area contributed by atoms with Crippen LogP contribution in [0, 0.1) is 0 Å². The van der Waals surface area contributed by atoms with E-state index in [-0.39, 0.29) is 18.2 Å². The number of carboxylic acid groups (broad SMARTS) is 1. The van der Waals surface area contributed by atoms with Crippen molar-refractivity contribution < 1.29 is 51.3 Å². The number of anilines is 1. The van der Waals surface area contributed by atoms with Crippen LogP contribution in [-0.2, 0) is 60.4 Å². The van der Waals surface area contributed by atoms with Gasteiger partial charge in [-0.05, 0) is 37.5 Å². The number of benzene rings is 1. The first-order valence-electron chi connectivity index (χ1n) is 16.5. The molecule has 13 nitrogen and oxygen atoms in total. The summed E-state index contributed by atoms with van der Waals surface area (Å²) in [5.41, 5.74) is 0.908. The number of carbonyl (C=O) groups excluding carboxylic acids is 2. The number of carbonyl (C=O) groups is 3. The lowest BCUT2D eigenvalue weighted by molar-refractivity contribution is -0.146. The Labute approximate surface area is 299 Å². The Morgan fingerprint density at radius 1 is 1.06 bits per heavy atom. The van der Waals surface area contributed by atoms with E-state index in [0.717, 1.165) is 22.5 Å². The molecule has 276 valence electrons. The lowest BCUT2D eigenvalue weighted by Gasteiger charge is -2.47. The molecule has 5 heterocycles. The third-order valence-corrected chi connectivity index (χ3v) is 10.1. The molecule has 4 aromatic rings. The number of aryl methyl sites for hydroxylation is 1. The number of nitrogens with zero attached hydrogens (tertiary/aromatic N) is 6. The standard InChI is InChI=1S/C36H32F4N6O7/c1-5-19-7-6-8-21-27-29(37)35(3,51-4)31-23(11-14-45(31)33(50)53-18-52-26(49)10-9-25(47)48)34(27,2)30-22-17-44(13-12-24(22)43-46(30)28(19)21)32-41-15-20(16-42-32)36(38,39)40/h6-11,14-16H,5,12-13,17-18H2,1-4H3,(H,47,48)/b10-9+. The molecule has 1 aromatic carbocycles. The molecular formula is C36H32F4N6O7. The minimum atomic E-state index is -4.60. The lowest BCUT2D eigenvalue weighted by Crippen LogP contribution is -2.45. The summed E-state index contributed by atoms with van der Waals surface area (Å²) in [6.45, 7) is 4.93. The van der Waals surface area contributed by atoms with E-state index in [9.17, 15) is 27.6 Å². The van der Waals surface area contributed by atoms with E-state index in [0.29, 0.717) is 70.9 Å². The summed E-state index contributed by atoms with van der Waals surface area (Å²) >= 11 is 0. The van der Waals surface area contributed by atoms with E-state index in [2.05, 4.69) is 9.97 Å². The van der Waals surface area contributed by atoms with Crippen LogP contribution in [0.4, 0.5) is 28.3 Å². The molecule has 2 aliphatic heterocycles. The van der Waals surface area contributed by atoms with Gasteiger partial charge in [0.1, 0.15) is 5.83 Å². The molecule has 1 aliphatic carbocycles. The fourth-order valence-electron chi connectivity index (χ4n) is 7.57. The topological polar surface area (TPSA) is 151 Å². The first kappa shape index (κ1) is 35.6. The number of fused-ring (bicyclic) bond motifs is 10. The summed E-state index contributed by atoms with van der Waals surface area (Å²) in [5, 5.41) is 13.8. The third kappa shape index (κ3) is 5.48. The van der Waals surface area contributed by atoms with Crippen LogP contribution < -0.4 is 4.90 Å². The number of allylic oxidation sites excluding steroid dienone is 1. The number of ether oxygens (including phenoxy) is 3. The number of aromatic nitrogens is 5. The molecule has 2 unspecified atom stereocenters. The maximum atomic E-state index is 17.7. The average molecular weight is 737 g/mol. The molecule has 17 heteroatoms. The highest BCUT2D eigenvalue weighted by molar-refractivity contribution is 5.92. The minimum absolute atomic E-state index is 0.0884. The van der Waals surface area contributed by atoms with Gasteiger partial charge in [0, 0.05) is 74.1 Å². The van der Waals surface area contributed by atoms with Crippen molar-refractivity contribution in [3.05, 3.63) is 106 Å². The number of esters is 1. The van der Waals surface area contributed by atoms with E-state index in [1.165, 1.54) is 20.2 Å². The Morgan fingerprint density at radius 2 is 1.79 bits per heavy atom. The third-order valence-electron chi connectivity index (χ3n) is 10.1. The first-order chi connectivity index (χ1) is 25.1. The Kier molecular flexibility index (Phi) is 8.51. The molecule has 0 radical (unpaired) electrons. The number of halogens is 4. The summed E-state index contributed by atoms with van der Waals surface area (Å²) in [4.78, 5) is 45.9. The van der Waals surface area contributed by atoms with Gasteiger partial charge in [-0.2, -0.15) is 18.3 Å². The molecule has 3 aromatic heterocycles. The van der Waals surface area contributed by atoms with Gasteiger partial charge in [-0.1, -0.05) is 25.1 Å². The van der Waals surface area contributed by atoms with Gasteiger partial charge in [-0.25, -0.2) is 33.4 Å². The Bertz CT molecular complexity index is 2240. The van der Waals surface area contributed by atoms with Crippen LogP contribution in [0.2, 0.25) is 0 Å². The molecule has 0 amide bonds. The molecule has 53 heavy (non-hydrogen) atoms. The normalized spacial score (nSPS) is 20.3. The van der Waals surface area contributed by atoms with Gasteiger partial charge in [0.25, 0.3) is 0 Å². The molecule has 3 aliphatic rings. The second kappa shape index (κ2) is 12.7. The summed E-state index contributed by atoms with van der Waals surface area (Å²) < 4.78 is 76.3. The van der Waals surface area contributed by atoms with Crippen LogP contribution >= 0.6 is 0 Å². The van der Waals surface area contributed by atoms with E-state index in [1.54, 1.807) is 11.0 Å². The predicted molar refractivity (Wildman–Crippen MR) is 178 cm³/mol. The van der Waals surface area contributed by atoms with E-state index in [4.69, 9.17) is 24.4 Å². The van der Waals surface area contributed by atoms with Gasteiger partial charge < -0.3 is 24.2 Å². The highest BCUT2D eigenvalue weighted by atomic mass is 19.4. The summed E-state index contributed by atoms with van der Waals surface area (Å²) in [6.07, 6.45) is -0.574. The lowest BCUT2D eigenvalue weighted by atomic mass is 9.61. The van der Waals surface area contributed by atoms with E-state index < -0.39 is 53.4 Å². The molecule has 0 bridgehead atoms. The van der Waals surface area contributed by atoms with Crippen molar-refractivity contribution >= 4 is 29.6 Å². The molecule has 0 saturated heterocycles. The Hall–Kier alpha value is -5.84. The zero-order chi connectivity index (χ0) is 38.0. The Balaban J connectivity index is 1.37. The molecule has 2 atom stereocenters. The number of rotatable bonds is 7. The van der Waals surface area contributed by atoms with Crippen molar-refractivity contribution in [3.63, 3.8) is 0 Å². The van der Waals surface area contributed by atoms with Crippen molar-refractivity contribution in [3.8, 4) is 5.69 Å². The predicted octanol–water partition coefficient (Wildman–Crippen LogP) is 5.61. The van der Waals surface area contributed by atoms with Gasteiger partial charge in [0.2, 0.25) is 12.7 Å². The quantitative estimate of drug-likeness (QED) is 0.109. The molecule has 0 saturated carbocycles. The first-order valence-corrected chi connectivity index (χ1v) is 16.5. The van der Waals surface area contributed by atoms with Gasteiger partial charge >= 0.3 is 24.2 Å². The van der Waals surface area contributed by atoms with Gasteiger partial charge in [0.05, 0.1) is 33.7 Å². The average Bonchev–Trinajstić information content (AvgIpc) is 3.76. The van der Waals surface area contributed by atoms with Crippen molar-refractivity contribution in [2.24, 2.45) is 0 Å². The molecule has 7 rings (SSSR count). The van der Waals surface area contributed by atoms with Gasteiger partial charge in [-0.15, -0.1) is 0 Å². The minimum Gasteiger partial charge on any atom is -0.478 e. The Morgan fingerprint density at radius 3 is 2.45 bits per heavy atom. The number of para-hydroxylation sites is 1. The van der Waals surface area contributed by atoms with Crippen molar-refractivity contribution in [1.29, 1.82) is 0 Å². The summed E-state index contributed by atoms with van der Waals surface area (Å²) in [5.74, 6) is -3.03. The fraction of sp³-hybridized carbons (Fsp3) is 0.333. The van der Waals surface area contributed by atoms with Crippen molar-refractivity contribution in [2.45, 2.75) is 57.3 Å². The van der Waals surface area contributed by atoms with E-state index >= 15 is 4.39 Å².